The number of anilines is 1. The molecular formula is C14H15BrFN3. The Morgan fingerprint density at radius 3 is 2.63 bits per heavy atom. The second-order valence-corrected chi connectivity index (χ2v) is 5.16. The zero-order valence-corrected chi connectivity index (χ0v) is 12.7. The van der Waals surface area contributed by atoms with E-state index in [0.29, 0.717) is 18.1 Å². The number of benzene rings is 1. The lowest BCUT2D eigenvalue weighted by atomic mass is 10.1. The van der Waals surface area contributed by atoms with Crippen LogP contribution < -0.4 is 5.32 Å². The van der Waals surface area contributed by atoms with Crippen molar-refractivity contribution in [2.24, 2.45) is 0 Å². The lowest BCUT2D eigenvalue weighted by Gasteiger charge is -2.10. The summed E-state index contributed by atoms with van der Waals surface area (Å²) < 4.78 is 14.8. The fraction of sp³-hybridized carbons (Fsp3) is 0.286. The highest BCUT2D eigenvalue weighted by Crippen LogP contribution is 2.28. The summed E-state index contributed by atoms with van der Waals surface area (Å²) in [5, 5.41) is 2.92. The maximum absolute atomic E-state index is 13.8. The molecule has 100 valence electrons. The predicted molar refractivity (Wildman–Crippen MR) is 78.8 cm³/mol. The number of rotatable bonds is 3. The highest BCUT2D eigenvalue weighted by atomic mass is 79.9. The molecule has 0 aliphatic carbocycles. The summed E-state index contributed by atoms with van der Waals surface area (Å²) in [4.78, 5) is 8.48. The smallest absolute Gasteiger partial charge is 0.186 e. The van der Waals surface area contributed by atoms with Crippen molar-refractivity contribution >= 4 is 21.7 Å². The number of nitrogens with one attached hydrogen (secondary N) is 1. The molecule has 0 amide bonds. The summed E-state index contributed by atoms with van der Waals surface area (Å²) in [5.74, 6) is 0.369. The average Bonchev–Trinajstić information content (AvgIpc) is 2.35. The number of nitrogens with zero attached hydrogens (tertiary/aromatic N) is 2. The maximum atomic E-state index is 13.8. The standard InChI is InChI=1S/C14H15BrFN3/c1-4-17-14-12(16)9(3)18-13(19-14)10-6-5-8(2)7-11(10)15/h5-7H,4H2,1-3H3,(H,17,18,19). The predicted octanol–water partition coefficient (Wildman–Crippen LogP) is 4.09. The second-order valence-electron chi connectivity index (χ2n) is 4.31. The maximum Gasteiger partial charge on any atom is 0.186 e. The summed E-state index contributed by atoms with van der Waals surface area (Å²) >= 11 is 3.50. The van der Waals surface area contributed by atoms with Gasteiger partial charge >= 0.3 is 0 Å². The zero-order valence-electron chi connectivity index (χ0n) is 11.1. The third-order valence-corrected chi connectivity index (χ3v) is 3.38. The molecule has 1 heterocycles. The summed E-state index contributed by atoms with van der Waals surface area (Å²) in [5.41, 5.74) is 2.34. The van der Waals surface area contributed by atoms with Gasteiger partial charge in [0.15, 0.2) is 17.5 Å². The number of halogens is 2. The van der Waals surface area contributed by atoms with Crippen LogP contribution >= 0.6 is 15.9 Å². The first-order chi connectivity index (χ1) is 9.02. The van der Waals surface area contributed by atoms with Gasteiger partial charge in [-0.25, -0.2) is 14.4 Å². The largest absolute Gasteiger partial charge is 0.368 e. The van der Waals surface area contributed by atoms with Crippen LogP contribution in [0.3, 0.4) is 0 Å². The molecule has 1 N–H and O–H groups in total. The molecule has 3 nitrogen and oxygen atoms in total. The van der Waals surface area contributed by atoms with E-state index in [1.54, 1.807) is 6.92 Å². The normalized spacial score (nSPS) is 10.6. The molecule has 0 aliphatic heterocycles. The fourth-order valence-electron chi connectivity index (χ4n) is 1.77. The van der Waals surface area contributed by atoms with E-state index in [9.17, 15) is 4.39 Å². The molecule has 5 heteroatoms. The minimum atomic E-state index is -0.395. The molecule has 0 saturated carbocycles. The molecule has 0 bridgehead atoms. The molecule has 19 heavy (non-hydrogen) atoms. The van der Waals surface area contributed by atoms with Crippen LogP contribution in [0.1, 0.15) is 18.2 Å². The van der Waals surface area contributed by atoms with E-state index in [4.69, 9.17) is 0 Å². The van der Waals surface area contributed by atoms with Gasteiger partial charge in [0.25, 0.3) is 0 Å². The van der Waals surface area contributed by atoms with Gasteiger partial charge in [0.2, 0.25) is 0 Å². The fourth-order valence-corrected chi connectivity index (χ4v) is 2.44. The van der Waals surface area contributed by atoms with Crippen molar-refractivity contribution in [3.63, 3.8) is 0 Å². The highest BCUT2D eigenvalue weighted by molar-refractivity contribution is 9.10. The molecule has 0 spiro atoms. The van der Waals surface area contributed by atoms with Crippen LogP contribution in [0, 0.1) is 19.7 Å². The average molecular weight is 324 g/mol. The van der Waals surface area contributed by atoms with Gasteiger partial charge in [-0.05, 0) is 38.5 Å². The van der Waals surface area contributed by atoms with E-state index in [1.807, 2.05) is 32.0 Å². The molecule has 0 radical (unpaired) electrons. The van der Waals surface area contributed by atoms with Crippen molar-refractivity contribution in [3.8, 4) is 11.4 Å². The number of hydrogen-bond donors (Lipinski definition) is 1. The quantitative estimate of drug-likeness (QED) is 0.924. The molecule has 0 fully saturated rings. The Hall–Kier alpha value is -1.49. The van der Waals surface area contributed by atoms with Crippen LogP contribution in [0.15, 0.2) is 22.7 Å². The minimum Gasteiger partial charge on any atom is -0.368 e. The molecule has 2 aromatic rings. The Balaban J connectivity index is 2.56. The number of hydrogen-bond acceptors (Lipinski definition) is 3. The molecule has 0 saturated heterocycles. The van der Waals surface area contributed by atoms with Crippen molar-refractivity contribution in [2.75, 3.05) is 11.9 Å². The highest BCUT2D eigenvalue weighted by Gasteiger charge is 2.13. The van der Waals surface area contributed by atoms with E-state index in [2.05, 4.69) is 31.2 Å². The Kier molecular flexibility index (Phi) is 4.14. The monoisotopic (exact) mass is 323 g/mol. The van der Waals surface area contributed by atoms with Gasteiger partial charge in [-0.2, -0.15) is 0 Å². The van der Waals surface area contributed by atoms with Crippen LogP contribution in [0.25, 0.3) is 11.4 Å². The molecule has 0 unspecified atom stereocenters. The first-order valence-electron chi connectivity index (χ1n) is 6.07. The zero-order chi connectivity index (χ0) is 14.0. The lowest BCUT2D eigenvalue weighted by Crippen LogP contribution is -2.07. The van der Waals surface area contributed by atoms with Crippen LogP contribution in [0.5, 0.6) is 0 Å². The van der Waals surface area contributed by atoms with Crippen molar-refractivity contribution in [1.29, 1.82) is 0 Å². The van der Waals surface area contributed by atoms with Crippen LogP contribution in [-0.4, -0.2) is 16.5 Å². The van der Waals surface area contributed by atoms with E-state index in [-0.39, 0.29) is 5.82 Å². The van der Waals surface area contributed by atoms with Gasteiger partial charge in [-0.1, -0.05) is 22.0 Å². The van der Waals surface area contributed by atoms with Gasteiger partial charge < -0.3 is 5.32 Å². The van der Waals surface area contributed by atoms with E-state index < -0.39 is 5.82 Å². The van der Waals surface area contributed by atoms with Crippen LogP contribution in [0.4, 0.5) is 10.2 Å². The summed E-state index contributed by atoms with van der Waals surface area (Å²) in [6, 6.07) is 5.90. The lowest BCUT2D eigenvalue weighted by molar-refractivity contribution is 0.606. The Morgan fingerprint density at radius 2 is 2.00 bits per heavy atom. The molecule has 1 aromatic heterocycles. The Morgan fingerprint density at radius 1 is 1.26 bits per heavy atom. The van der Waals surface area contributed by atoms with Gasteiger partial charge in [-0.15, -0.1) is 0 Å². The minimum absolute atomic E-state index is 0.248. The summed E-state index contributed by atoms with van der Waals surface area (Å²) in [6.07, 6.45) is 0. The second kappa shape index (κ2) is 5.65. The van der Waals surface area contributed by atoms with E-state index in [1.165, 1.54) is 0 Å². The number of aromatic nitrogens is 2. The van der Waals surface area contributed by atoms with Crippen LogP contribution in [0.2, 0.25) is 0 Å². The topological polar surface area (TPSA) is 37.8 Å². The van der Waals surface area contributed by atoms with Crippen LogP contribution in [-0.2, 0) is 0 Å². The van der Waals surface area contributed by atoms with Crippen molar-refractivity contribution in [1.82, 2.24) is 9.97 Å². The van der Waals surface area contributed by atoms with Gasteiger partial charge in [0.1, 0.15) is 0 Å². The molecular weight excluding hydrogens is 309 g/mol. The van der Waals surface area contributed by atoms with Crippen molar-refractivity contribution in [3.05, 3.63) is 39.7 Å². The van der Waals surface area contributed by atoms with Gasteiger partial charge in [-0.3, -0.25) is 0 Å². The molecule has 2 rings (SSSR count). The van der Waals surface area contributed by atoms with E-state index >= 15 is 0 Å². The van der Waals surface area contributed by atoms with Crippen molar-refractivity contribution < 1.29 is 4.39 Å². The molecule has 0 atom stereocenters. The molecule has 1 aromatic carbocycles. The van der Waals surface area contributed by atoms with Gasteiger partial charge in [0, 0.05) is 16.6 Å². The molecule has 0 aliphatic rings. The third-order valence-electron chi connectivity index (χ3n) is 2.73. The first kappa shape index (κ1) is 13.9. The summed E-state index contributed by atoms with van der Waals surface area (Å²) in [6.45, 7) is 6.17. The Bertz CT molecular complexity index is 614. The third kappa shape index (κ3) is 2.92. The summed E-state index contributed by atoms with van der Waals surface area (Å²) in [7, 11) is 0. The number of aryl methyl sites for hydroxylation is 2. The van der Waals surface area contributed by atoms with Gasteiger partial charge in [0.05, 0.1) is 5.69 Å². The Labute approximate surface area is 120 Å². The van der Waals surface area contributed by atoms with E-state index in [0.717, 1.165) is 15.6 Å². The SMILES string of the molecule is CCNc1nc(-c2ccc(C)cc2Br)nc(C)c1F. The van der Waals surface area contributed by atoms with Crippen molar-refractivity contribution in [2.45, 2.75) is 20.8 Å². The first-order valence-corrected chi connectivity index (χ1v) is 6.86.